The third kappa shape index (κ3) is 1.39. The normalized spacial score (nSPS) is 9.18. The molecule has 1 aromatic heterocycles. The zero-order valence-corrected chi connectivity index (χ0v) is 5.76. The molecule has 1 rings (SSSR count). The first-order valence-electron chi connectivity index (χ1n) is 2.81. The lowest BCUT2D eigenvalue weighted by Gasteiger charge is -1.87. The summed E-state index contributed by atoms with van der Waals surface area (Å²) in [6.45, 7) is 1.56. The van der Waals surface area contributed by atoms with E-state index in [4.69, 9.17) is 5.53 Å². The SMILES string of the molecule is Cc1no[n+]([O-])c1CN=[N+]=[N-]. The summed E-state index contributed by atoms with van der Waals surface area (Å²) in [5.74, 6) is 0. The number of nitrogens with zero attached hydrogens (tertiary/aromatic N) is 5. The second kappa shape index (κ2) is 2.89. The second-order valence-corrected chi connectivity index (χ2v) is 1.85. The molecule has 0 bridgehead atoms. The van der Waals surface area contributed by atoms with Gasteiger partial charge in [0.2, 0.25) is 11.4 Å². The molecule has 0 atom stereocenters. The Bertz CT molecular complexity index is 280. The summed E-state index contributed by atoms with van der Waals surface area (Å²) in [6, 6.07) is 0. The van der Waals surface area contributed by atoms with Crippen LogP contribution in [0, 0.1) is 12.1 Å². The molecule has 0 saturated heterocycles. The van der Waals surface area contributed by atoms with Crippen LogP contribution in [0.4, 0.5) is 0 Å². The smallest absolute Gasteiger partial charge is 0.218 e. The lowest BCUT2D eigenvalue weighted by molar-refractivity contribution is -0.807. The first-order valence-corrected chi connectivity index (χ1v) is 2.81. The molecule has 0 amide bonds. The van der Waals surface area contributed by atoms with Crippen molar-refractivity contribution in [2.24, 2.45) is 5.11 Å². The first kappa shape index (κ1) is 7.36. The van der Waals surface area contributed by atoms with Gasteiger partial charge in [0, 0.05) is 17.0 Å². The van der Waals surface area contributed by atoms with Crippen LogP contribution in [0.1, 0.15) is 11.4 Å². The van der Waals surface area contributed by atoms with Gasteiger partial charge in [0.05, 0.1) is 6.54 Å². The average Bonchev–Trinajstić information content (AvgIpc) is 2.29. The van der Waals surface area contributed by atoms with Crippen LogP contribution in [-0.2, 0) is 6.54 Å². The van der Waals surface area contributed by atoms with E-state index < -0.39 is 0 Å². The van der Waals surface area contributed by atoms with Crippen molar-refractivity contribution in [2.45, 2.75) is 13.5 Å². The number of hydrogen-bond acceptors (Lipinski definition) is 4. The molecule has 0 fully saturated rings. The molecule has 0 N–H and O–H groups in total. The predicted molar refractivity (Wildman–Crippen MR) is 33.0 cm³/mol. The van der Waals surface area contributed by atoms with Crippen molar-refractivity contribution in [3.8, 4) is 0 Å². The van der Waals surface area contributed by atoms with E-state index in [1.165, 1.54) is 0 Å². The van der Waals surface area contributed by atoms with E-state index in [1.807, 2.05) is 0 Å². The van der Waals surface area contributed by atoms with E-state index in [2.05, 4.69) is 19.8 Å². The standard InChI is InChI=1S/C4H5N5O2/c1-3-4(2-6-8-5)9(10)11-7-3/h2H2,1H3. The molecule has 58 valence electrons. The summed E-state index contributed by atoms with van der Waals surface area (Å²) in [6.07, 6.45) is 0. The summed E-state index contributed by atoms with van der Waals surface area (Å²) in [5, 5.41) is 17.2. The number of azide groups is 1. The van der Waals surface area contributed by atoms with Crippen LogP contribution >= 0.6 is 0 Å². The molecule has 0 unspecified atom stereocenters. The fraction of sp³-hybridized carbons (Fsp3) is 0.500. The summed E-state index contributed by atoms with van der Waals surface area (Å²) in [5.41, 5.74) is 8.62. The molecular formula is C4H5N5O2. The monoisotopic (exact) mass is 155 g/mol. The Morgan fingerprint density at radius 3 is 3.09 bits per heavy atom. The van der Waals surface area contributed by atoms with Gasteiger partial charge in [-0.2, -0.15) is 0 Å². The third-order valence-corrected chi connectivity index (χ3v) is 1.17. The highest BCUT2D eigenvalue weighted by molar-refractivity contribution is 4.99. The van der Waals surface area contributed by atoms with Crippen LogP contribution < -0.4 is 4.90 Å². The summed E-state index contributed by atoms with van der Waals surface area (Å²) in [7, 11) is 0. The van der Waals surface area contributed by atoms with E-state index in [-0.39, 0.29) is 17.1 Å². The molecule has 0 saturated carbocycles. The third-order valence-electron chi connectivity index (χ3n) is 1.17. The minimum atomic E-state index is -0.0324. The second-order valence-electron chi connectivity index (χ2n) is 1.85. The van der Waals surface area contributed by atoms with Crippen molar-refractivity contribution >= 4 is 0 Å². The van der Waals surface area contributed by atoms with Crippen LogP contribution in [-0.4, -0.2) is 5.16 Å². The highest BCUT2D eigenvalue weighted by Gasteiger charge is 2.11. The number of hydrogen-bond donors (Lipinski definition) is 0. The first-order chi connectivity index (χ1) is 5.25. The Kier molecular flexibility index (Phi) is 1.93. The topological polar surface area (TPSA) is 102 Å². The van der Waals surface area contributed by atoms with E-state index in [1.54, 1.807) is 6.92 Å². The number of aromatic nitrogens is 2. The van der Waals surface area contributed by atoms with Gasteiger partial charge < -0.3 is 5.21 Å². The maximum Gasteiger partial charge on any atom is 0.218 e. The van der Waals surface area contributed by atoms with Gasteiger partial charge in [-0.25, -0.2) is 0 Å². The Morgan fingerprint density at radius 1 is 1.91 bits per heavy atom. The largest absolute Gasteiger partial charge is 0.359 e. The number of rotatable bonds is 2. The van der Waals surface area contributed by atoms with Crippen molar-refractivity contribution < 1.29 is 9.53 Å². The van der Waals surface area contributed by atoms with Crippen molar-refractivity contribution in [2.75, 3.05) is 0 Å². The van der Waals surface area contributed by atoms with E-state index in [0.29, 0.717) is 5.69 Å². The minimum Gasteiger partial charge on any atom is -0.359 e. The Hall–Kier alpha value is -1.75. The fourth-order valence-electron chi connectivity index (χ4n) is 0.603. The maximum atomic E-state index is 10.7. The van der Waals surface area contributed by atoms with Gasteiger partial charge in [-0.05, 0) is 10.4 Å². The molecule has 0 radical (unpaired) electrons. The van der Waals surface area contributed by atoms with Gasteiger partial charge in [0.1, 0.15) is 0 Å². The molecule has 0 spiro atoms. The molecule has 0 aromatic carbocycles. The molecule has 1 aromatic rings. The van der Waals surface area contributed by atoms with Gasteiger partial charge >= 0.3 is 0 Å². The van der Waals surface area contributed by atoms with Crippen LogP contribution in [0.3, 0.4) is 0 Å². The highest BCUT2D eigenvalue weighted by atomic mass is 16.8. The Morgan fingerprint density at radius 2 is 2.64 bits per heavy atom. The fourth-order valence-corrected chi connectivity index (χ4v) is 0.603. The number of aryl methyl sites for hydroxylation is 1. The zero-order chi connectivity index (χ0) is 8.27. The molecular weight excluding hydrogens is 150 g/mol. The summed E-state index contributed by atoms with van der Waals surface area (Å²) >= 11 is 0. The van der Waals surface area contributed by atoms with Crippen LogP contribution in [0.2, 0.25) is 0 Å². The quantitative estimate of drug-likeness (QED) is 0.267. The van der Waals surface area contributed by atoms with Crippen LogP contribution in [0.25, 0.3) is 10.4 Å². The molecule has 0 aliphatic heterocycles. The minimum absolute atomic E-state index is 0.0324. The maximum absolute atomic E-state index is 10.7. The average molecular weight is 155 g/mol. The molecule has 0 aliphatic carbocycles. The molecule has 7 nitrogen and oxygen atoms in total. The Labute approximate surface area is 61.4 Å². The molecule has 7 heteroatoms. The zero-order valence-electron chi connectivity index (χ0n) is 5.76. The highest BCUT2D eigenvalue weighted by Crippen LogP contribution is 1.99. The van der Waals surface area contributed by atoms with E-state index in [0.717, 1.165) is 0 Å². The summed E-state index contributed by atoms with van der Waals surface area (Å²) in [4.78, 5) is 2.72. The van der Waals surface area contributed by atoms with Gasteiger partial charge in [0.15, 0.2) is 0 Å². The van der Waals surface area contributed by atoms with Gasteiger partial charge in [-0.15, -0.1) is 0 Å². The van der Waals surface area contributed by atoms with E-state index >= 15 is 0 Å². The lowest BCUT2D eigenvalue weighted by atomic mass is 10.3. The Balaban J connectivity index is 2.91. The van der Waals surface area contributed by atoms with E-state index in [9.17, 15) is 5.21 Å². The van der Waals surface area contributed by atoms with Crippen molar-refractivity contribution in [1.82, 2.24) is 5.16 Å². The molecule has 1 heterocycles. The van der Waals surface area contributed by atoms with Gasteiger partial charge in [-0.3, -0.25) is 4.63 Å². The van der Waals surface area contributed by atoms with Crippen LogP contribution in [0.15, 0.2) is 9.74 Å². The van der Waals surface area contributed by atoms with Gasteiger partial charge in [-0.1, -0.05) is 5.11 Å². The summed E-state index contributed by atoms with van der Waals surface area (Å²) < 4.78 is 4.22. The van der Waals surface area contributed by atoms with Crippen molar-refractivity contribution in [3.05, 3.63) is 27.0 Å². The van der Waals surface area contributed by atoms with Crippen molar-refractivity contribution in [1.29, 1.82) is 0 Å². The predicted octanol–water partition coefficient (Wildman–Crippen LogP) is 0.427. The van der Waals surface area contributed by atoms with Crippen LogP contribution in [0.5, 0.6) is 0 Å². The lowest BCUT2D eigenvalue weighted by Crippen LogP contribution is -2.27. The van der Waals surface area contributed by atoms with Crippen molar-refractivity contribution in [3.63, 3.8) is 0 Å². The molecule has 0 aliphatic rings. The molecule has 11 heavy (non-hydrogen) atoms. The van der Waals surface area contributed by atoms with Gasteiger partial charge in [0.25, 0.3) is 0 Å².